The van der Waals surface area contributed by atoms with Crippen LogP contribution in [-0.2, 0) is 14.4 Å². The number of benzene rings is 1. The average molecular weight is 368 g/mol. The van der Waals surface area contributed by atoms with E-state index in [1.807, 2.05) is 0 Å². The van der Waals surface area contributed by atoms with Crippen molar-refractivity contribution in [2.75, 3.05) is 6.61 Å². The molecule has 0 saturated carbocycles. The smallest absolute Gasteiger partial charge is 0.328 e. The molecule has 3 atom stereocenters. The van der Waals surface area contributed by atoms with Gasteiger partial charge in [-0.25, -0.2) is 4.79 Å². The lowest BCUT2D eigenvalue weighted by Crippen LogP contribution is -2.54. The molecule has 1 saturated heterocycles. The fraction of sp³-hybridized carbons (Fsp3) is 0.438. The number of aliphatic carboxylic acids is 2. The van der Waals surface area contributed by atoms with Gasteiger partial charge in [0.2, 0.25) is 0 Å². The average Bonchev–Trinajstić information content (AvgIpc) is 2.86. The molecule has 9 heteroatoms. The summed E-state index contributed by atoms with van der Waals surface area (Å²) in [5.41, 5.74) is 0. The van der Waals surface area contributed by atoms with Gasteiger partial charge in [-0.2, -0.15) is 0 Å². The Morgan fingerprint density at radius 2 is 1.92 bits per heavy atom. The molecule has 136 valence electrons. The number of hydrogen-bond donors (Lipinski definition) is 4. The summed E-state index contributed by atoms with van der Waals surface area (Å²) < 4.78 is 4.57. The lowest BCUT2D eigenvalue weighted by Gasteiger charge is -2.22. The lowest BCUT2D eigenvalue weighted by molar-refractivity contribution is -0.143. The Morgan fingerprint density at radius 3 is 2.44 bits per heavy atom. The monoisotopic (exact) mass is 368 g/mol. The van der Waals surface area contributed by atoms with Crippen molar-refractivity contribution >= 4 is 29.6 Å². The van der Waals surface area contributed by atoms with Crippen LogP contribution in [0.4, 0.5) is 0 Å². The Morgan fingerprint density at radius 1 is 1.28 bits per heavy atom. The maximum atomic E-state index is 12.0. The van der Waals surface area contributed by atoms with E-state index < -0.39 is 40.1 Å². The molecule has 1 amide bonds. The second-order valence-corrected chi connectivity index (χ2v) is 7.86. The molecule has 1 aliphatic heterocycles. The van der Waals surface area contributed by atoms with Crippen LogP contribution in [0.25, 0.3) is 0 Å². The number of carboxylic acids is 2. The lowest BCUT2D eigenvalue weighted by atomic mass is 10.0. The van der Waals surface area contributed by atoms with Crippen LogP contribution >= 0.6 is 11.8 Å². The van der Waals surface area contributed by atoms with E-state index in [4.69, 9.17) is 4.74 Å². The molecule has 0 aliphatic carbocycles. The third kappa shape index (κ3) is 4.86. The van der Waals surface area contributed by atoms with Crippen molar-refractivity contribution in [3.8, 4) is 5.75 Å². The first-order chi connectivity index (χ1) is 11.7. The van der Waals surface area contributed by atoms with Crippen molar-refractivity contribution in [2.24, 2.45) is 0 Å². The normalized spacial score (nSPS) is 22.8. The van der Waals surface area contributed by atoms with E-state index >= 15 is 0 Å². The van der Waals surface area contributed by atoms with Gasteiger partial charge in [0.05, 0.1) is 5.37 Å². The molecule has 1 aliphatic rings. The number of carbonyl (C=O) groups is 3. The highest BCUT2D eigenvalue weighted by Crippen LogP contribution is 2.39. The van der Waals surface area contributed by atoms with Gasteiger partial charge in [-0.1, -0.05) is 18.2 Å². The molecule has 1 aromatic carbocycles. The number of hydrogen-bond acceptors (Lipinski definition) is 6. The van der Waals surface area contributed by atoms with Gasteiger partial charge in [-0.15, -0.1) is 11.8 Å². The topological polar surface area (TPSA) is 125 Å². The Hall–Kier alpha value is -2.26. The maximum absolute atomic E-state index is 12.0. The molecule has 0 spiro atoms. The molecule has 2 rings (SSSR count). The maximum Gasteiger partial charge on any atom is 0.328 e. The molecule has 1 unspecified atom stereocenters. The number of carbonyl (C=O) groups excluding carboxylic acids is 1. The molecule has 0 radical (unpaired) electrons. The standard InChI is InChI=1S/C16H20N2O6S/c1-16(2)12(15(22)23)18-13(25-16)11(14(20)21)17-10(19)8-24-9-6-4-3-5-7-9/h3-7,11-13,18H,8H2,1-2H3,(H,17,19)(H,20,21)(H,22,23)/t11-,12?,13+/m0/s1. The predicted molar refractivity (Wildman–Crippen MR) is 91.5 cm³/mol. The minimum atomic E-state index is -1.28. The molecule has 4 N–H and O–H groups in total. The number of rotatable bonds is 7. The summed E-state index contributed by atoms with van der Waals surface area (Å²) >= 11 is 1.17. The van der Waals surface area contributed by atoms with Crippen molar-refractivity contribution in [3.63, 3.8) is 0 Å². The van der Waals surface area contributed by atoms with Crippen LogP contribution in [0.1, 0.15) is 13.8 Å². The molecule has 1 heterocycles. The Kier molecular flexibility index (Phi) is 5.91. The van der Waals surface area contributed by atoms with Crippen LogP contribution in [0.5, 0.6) is 5.75 Å². The minimum absolute atomic E-state index is 0.336. The highest BCUT2D eigenvalue weighted by Gasteiger charge is 2.49. The van der Waals surface area contributed by atoms with E-state index in [1.165, 1.54) is 11.8 Å². The zero-order valence-corrected chi connectivity index (χ0v) is 14.6. The van der Waals surface area contributed by atoms with E-state index in [-0.39, 0.29) is 6.61 Å². The third-order valence-electron chi connectivity index (χ3n) is 3.70. The minimum Gasteiger partial charge on any atom is -0.484 e. The molecule has 25 heavy (non-hydrogen) atoms. The molecule has 8 nitrogen and oxygen atoms in total. The van der Waals surface area contributed by atoms with Gasteiger partial charge in [0.1, 0.15) is 11.8 Å². The highest BCUT2D eigenvalue weighted by atomic mass is 32.2. The summed E-state index contributed by atoms with van der Waals surface area (Å²) in [6.45, 7) is 3.09. The van der Waals surface area contributed by atoms with Gasteiger partial charge in [0, 0.05) is 4.75 Å². The number of thioether (sulfide) groups is 1. The molecule has 0 aromatic heterocycles. The summed E-state index contributed by atoms with van der Waals surface area (Å²) in [5, 5.41) is 23.0. The van der Waals surface area contributed by atoms with Crippen molar-refractivity contribution in [1.29, 1.82) is 0 Å². The first-order valence-electron chi connectivity index (χ1n) is 7.57. The fourth-order valence-electron chi connectivity index (χ4n) is 2.47. The van der Waals surface area contributed by atoms with Crippen molar-refractivity contribution < 1.29 is 29.3 Å². The second-order valence-electron chi connectivity index (χ2n) is 6.06. The van der Waals surface area contributed by atoms with Gasteiger partial charge in [-0.05, 0) is 26.0 Å². The summed E-state index contributed by atoms with van der Waals surface area (Å²) in [4.78, 5) is 34.8. The van der Waals surface area contributed by atoms with E-state index in [0.717, 1.165) is 0 Å². The molecular weight excluding hydrogens is 348 g/mol. The Bertz CT molecular complexity index is 651. The van der Waals surface area contributed by atoms with Crippen LogP contribution in [0.3, 0.4) is 0 Å². The number of para-hydroxylation sites is 1. The summed E-state index contributed by atoms with van der Waals surface area (Å²) in [6, 6.07) is 6.47. The van der Waals surface area contributed by atoms with E-state index in [2.05, 4.69) is 10.6 Å². The predicted octanol–water partition coefficient (Wildman–Crippen LogP) is 0.529. The largest absolute Gasteiger partial charge is 0.484 e. The number of carboxylic acid groups (broad SMARTS) is 2. The Labute approximate surface area is 148 Å². The number of nitrogens with one attached hydrogen (secondary N) is 2. The molecule has 0 bridgehead atoms. The number of ether oxygens (including phenoxy) is 1. The zero-order chi connectivity index (χ0) is 18.6. The summed E-state index contributed by atoms with van der Waals surface area (Å²) in [6.07, 6.45) is 0. The first kappa shape index (κ1) is 19.1. The van der Waals surface area contributed by atoms with Crippen LogP contribution in [0.2, 0.25) is 0 Å². The van der Waals surface area contributed by atoms with E-state index in [9.17, 15) is 24.6 Å². The van der Waals surface area contributed by atoms with Crippen LogP contribution in [-0.4, -0.2) is 56.9 Å². The van der Waals surface area contributed by atoms with Gasteiger partial charge < -0.3 is 20.3 Å². The summed E-state index contributed by atoms with van der Waals surface area (Å²) in [5.74, 6) is -2.43. The molecule has 1 aromatic rings. The fourth-order valence-corrected chi connectivity index (χ4v) is 3.96. The van der Waals surface area contributed by atoms with Gasteiger partial charge >= 0.3 is 11.9 Å². The van der Waals surface area contributed by atoms with Gasteiger partial charge in [-0.3, -0.25) is 14.9 Å². The van der Waals surface area contributed by atoms with Crippen LogP contribution < -0.4 is 15.4 Å². The van der Waals surface area contributed by atoms with Gasteiger partial charge in [0.25, 0.3) is 5.91 Å². The second kappa shape index (κ2) is 7.75. The molecule has 1 fully saturated rings. The number of amides is 1. The van der Waals surface area contributed by atoms with E-state index in [1.54, 1.807) is 44.2 Å². The van der Waals surface area contributed by atoms with E-state index in [0.29, 0.717) is 5.75 Å². The van der Waals surface area contributed by atoms with Crippen molar-refractivity contribution in [1.82, 2.24) is 10.6 Å². The molecular formula is C16H20N2O6S. The van der Waals surface area contributed by atoms with Crippen LogP contribution in [0, 0.1) is 0 Å². The van der Waals surface area contributed by atoms with Gasteiger partial charge in [0.15, 0.2) is 12.6 Å². The Balaban J connectivity index is 1.98. The highest BCUT2D eigenvalue weighted by molar-refractivity contribution is 8.01. The third-order valence-corrected chi connectivity index (χ3v) is 5.21. The zero-order valence-electron chi connectivity index (χ0n) is 13.8. The first-order valence-corrected chi connectivity index (χ1v) is 8.45. The van der Waals surface area contributed by atoms with Crippen LogP contribution in [0.15, 0.2) is 30.3 Å². The SMILES string of the molecule is CC1(C)S[C@H]([C@H](NC(=O)COc2ccccc2)C(=O)O)NC1C(=O)O. The quantitative estimate of drug-likeness (QED) is 0.549. The van der Waals surface area contributed by atoms with Crippen molar-refractivity contribution in [3.05, 3.63) is 30.3 Å². The van der Waals surface area contributed by atoms with Crippen molar-refractivity contribution in [2.45, 2.75) is 36.1 Å². The summed E-state index contributed by atoms with van der Waals surface area (Å²) in [7, 11) is 0.